The summed E-state index contributed by atoms with van der Waals surface area (Å²) in [5.74, 6) is -0.346. The Balaban J connectivity index is 1.51. The first-order valence-electron chi connectivity index (χ1n) is 8.48. The monoisotopic (exact) mass is 336 g/mol. The van der Waals surface area contributed by atoms with Gasteiger partial charge in [0.1, 0.15) is 5.82 Å². The van der Waals surface area contributed by atoms with E-state index in [0.717, 1.165) is 0 Å². The molecule has 0 radical (unpaired) electrons. The van der Waals surface area contributed by atoms with Crippen molar-refractivity contribution in [2.45, 2.75) is 44.2 Å². The van der Waals surface area contributed by atoms with Gasteiger partial charge in [-0.3, -0.25) is 0 Å². The number of halogens is 1. The minimum absolute atomic E-state index is 0.0207. The van der Waals surface area contributed by atoms with Crippen LogP contribution in [0.2, 0.25) is 0 Å². The number of rotatable bonds is 3. The zero-order valence-corrected chi connectivity index (χ0v) is 14.0. The van der Waals surface area contributed by atoms with Crippen LogP contribution in [-0.4, -0.2) is 46.9 Å². The van der Waals surface area contributed by atoms with E-state index in [9.17, 15) is 19.4 Å². The van der Waals surface area contributed by atoms with Gasteiger partial charge >= 0.3 is 6.03 Å². The lowest BCUT2D eigenvalue weighted by Gasteiger charge is -2.47. The highest BCUT2D eigenvalue weighted by Gasteiger charge is 2.42. The van der Waals surface area contributed by atoms with Gasteiger partial charge in [0.05, 0.1) is 12.2 Å². The van der Waals surface area contributed by atoms with E-state index in [1.54, 1.807) is 17.0 Å². The first kappa shape index (κ1) is 17.2. The number of benzene rings is 1. The molecule has 0 bridgehead atoms. The van der Waals surface area contributed by atoms with Gasteiger partial charge in [-0.1, -0.05) is 19.1 Å². The third kappa shape index (κ3) is 3.39. The number of urea groups is 1. The van der Waals surface area contributed by atoms with Crippen molar-refractivity contribution in [1.29, 1.82) is 0 Å². The van der Waals surface area contributed by atoms with Crippen LogP contribution in [0.4, 0.5) is 9.18 Å². The Labute approximate surface area is 141 Å². The number of hydrogen-bond donors (Lipinski definition) is 3. The number of amides is 2. The Morgan fingerprint density at radius 3 is 2.62 bits per heavy atom. The number of carbonyl (C=O) groups is 1. The van der Waals surface area contributed by atoms with Crippen molar-refractivity contribution in [2.24, 2.45) is 5.41 Å². The molecule has 1 saturated carbocycles. The zero-order valence-electron chi connectivity index (χ0n) is 14.0. The van der Waals surface area contributed by atoms with Crippen LogP contribution in [0.15, 0.2) is 24.3 Å². The summed E-state index contributed by atoms with van der Waals surface area (Å²) >= 11 is 0. The Morgan fingerprint density at radius 1 is 1.38 bits per heavy atom. The largest absolute Gasteiger partial charge is 0.396 e. The highest BCUT2D eigenvalue weighted by molar-refractivity contribution is 5.75. The predicted octanol–water partition coefficient (Wildman–Crippen LogP) is 1.98. The summed E-state index contributed by atoms with van der Waals surface area (Å²) in [5.41, 5.74) is -0.592. The topological polar surface area (TPSA) is 72.8 Å². The molecule has 0 atom stereocenters. The Bertz CT molecular complexity index is 608. The molecule has 132 valence electrons. The van der Waals surface area contributed by atoms with E-state index in [4.69, 9.17) is 0 Å². The number of nitrogens with zero attached hydrogens (tertiary/aromatic N) is 1. The van der Waals surface area contributed by atoms with E-state index in [1.165, 1.54) is 12.1 Å². The molecular weight excluding hydrogens is 311 g/mol. The van der Waals surface area contributed by atoms with Crippen molar-refractivity contribution >= 4 is 6.03 Å². The van der Waals surface area contributed by atoms with Gasteiger partial charge in [0.25, 0.3) is 0 Å². The number of aliphatic hydroxyl groups excluding tert-OH is 1. The normalized spacial score (nSPS) is 29.0. The van der Waals surface area contributed by atoms with Crippen molar-refractivity contribution in [3.05, 3.63) is 35.6 Å². The van der Waals surface area contributed by atoms with E-state index in [2.05, 4.69) is 5.32 Å². The lowest BCUT2D eigenvalue weighted by molar-refractivity contribution is -0.0144. The first-order chi connectivity index (χ1) is 11.3. The molecule has 5 nitrogen and oxygen atoms in total. The molecule has 3 N–H and O–H groups in total. The van der Waals surface area contributed by atoms with Crippen LogP contribution in [0, 0.1) is 11.2 Å². The molecule has 2 amide bonds. The summed E-state index contributed by atoms with van der Waals surface area (Å²) in [4.78, 5) is 13.9. The van der Waals surface area contributed by atoms with Gasteiger partial charge in [-0.05, 0) is 43.4 Å². The molecule has 1 aliphatic carbocycles. The lowest BCUT2D eigenvalue weighted by Crippen LogP contribution is -2.62. The summed E-state index contributed by atoms with van der Waals surface area (Å²) in [6.45, 7) is 3.17. The maximum Gasteiger partial charge on any atom is 0.317 e. The number of hydrogen-bond acceptors (Lipinski definition) is 3. The highest BCUT2D eigenvalue weighted by atomic mass is 19.1. The molecule has 24 heavy (non-hydrogen) atoms. The molecule has 1 aromatic rings. The molecule has 0 unspecified atom stereocenters. The molecule has 2 fully saturated rings. The van der Waals surface area contributed by atoms with Crippen molar-refractivity contribution < 1.29 is 19.4 Å². The van der Waals surface area contributed by atoms with Gasteiger partial charge in [-0.15, -0.1) is 0 Å². The van der Waals surface area contributed by atoms with E-state index in [-0.39, 0.29) is 29.9 Å². The molecule has 1 saturated heterocycles. The fraction of sp³-hybridized carbons (Fsp3) is 0.611. The molecule has 0 aromatic heterocycles. The minimum Gasteiger partial charge on any atom is -0.396 e. The average Bonchev–Trinajstić information content (AvgIpc) is 2.54. The number of aliphatic hydroxyl groups is 2. The van der Waals surface area contributed by atoms with Crippen LogP contribution in [0.1, 0.15) is 38.2 Å². The average molecular weight is 336 g/mol. The molecule has 0 spiro atoms. The van der Waals surface area contributed by atoms with Crippen LogP contribution in [-0.2, 0) is 5.60 Å². The van der Waals surface area contributed by atoms with Crippen molar-refractivity contribution in [1.82, 2.24) is 10.2 Å². The van der Waals surface area contributed by atoms with Gasteiger partial charge in [0, 0.05) is 24.5 Å². The van der Waals surface area contributed by atoms with Crippen LogP contribution in [0.3, 0.4) is 0 Å². The van der Waals surface area contributed by atoms with Gasteiger partial charge < -0.3 is 20.4 Å². The summed E-state index contributed by atoms with van der Waals surface area (Å²) in [5, 5.41) is 23.0. The fourth-order valence-corrected chi connectivity index (χ4v) is 3.69. The van der Waals surface area contributed by atoms with Gasteiger partial charge in [-0.2, -0.15) is 0 Å². The zero-order chi connectivity index (χ0) is 17.4. The quantitative estimate of drug-likeness (QED) is 0.790. The minimum atomic E-state index is -1.02. The Morgan fingerprint density at radius 2 is 2.04 bits per heavy atom. The Hall–Kier alpha value is -1.66. The van der Waals surface area contributed by atoms with Crippen LogP contribution < -0.4 is 5.32 Å². The summed E-state index contributed by atoms with van der Waals surface area (Å²) in [6, 6.07) is 6.02. The van der Waals surface area contributed by atoms with Crippen molar-refractivity contribution in [2.75, 3.05) is 19.7 Å². The maximum atomic E-state index is 13.4. The Kier molecular flexibility index (Phi) is 4.53. The molecule has 1 heterocycles. The first-order valence-corrected chi connectivity index (χ1v) is 8.48. The number of nitrogens with one attached hydrogen (secondary N) is 1. The smallest absolute Gasteiger partial charge is 0.317 e. The molecule has 3 rings (SSSR count). The molecule has 1 aromatic carbocycles. The van der Waals surface area contributed by atoms with Gasteiger partial charge in [0.2, 0.25) is 0 Å². The number of likely N-dealkylation sites (tertiary alicyclic amines) is 1. The number of carbonyl (C=O) groups excluding carboxylic acids is 1. The van der Waals surface area contributed by atoms with Gasteiger partial charge in [-0.25, -0.2) is 9.18 Å². The summed E-state index contributed by atoms with van der Waals surface area (Å²) in [7, 11) is 0. The molecule has 2 aliphatic rings. The second-order valence-electron chi connectivity index (χ2n) is 7.59. The summed E-state index contributed by atoms with van der Waals surface area (Å²) in [6.07, 6.45) is 2.30. The molecule has 1 aliphatic heterocycles. The molecule has 6 heteroatoms. The summed E-state index contributed by atoms with van der Waals surface area (Å²) < 4.78 is 13.4. The van der Waals surface area contributed by atoms with Crippen LogP contribution >= 0.6 is 0 Å². The van der Waals surface area contributed by atoms with E-state index < -0.39 is 5.60 Å². The fourth-order valence-electron chi connectivity index (χ4n) is 3.69. The van der Waals surface area contributed by atoms with Crippen LogP contribution in [0.25, 0.3) is 0 Å². The van der Waals surface area contributed by atoms with Gasteiger partial charge in [0.15, 0.2) is 0 Å². The third-order valence-electron chi connectivity index (χ3n) is 5.32. The van der Waals surface area contributed by atoms with E-state index >= 15 is 0 Å². The second kappa shape index (κ2) is 6.33. The van der Waals surface area contributed by atoms with Crippen molar-refractivity contribution in [3.8, 4) is 0 Å². The lowest BCUT2D eigenvalue weighted by atomic mass is 9.77. The standard InChI is InChI=1S/C18H25FN2O3/c1-17(12-22)10-21(11-17)16(23)20-15-5-7-18(24,8-6-15)13-3-2-4-14(19)9-13/h2-4,9,15,22,24H,5-8,10-12H2,1H3,(H,20,23). The predicted molar refractivity (Wildman–Crippen MR) is 87.9 cm³/mol. The third-order valence-corrected chi connectivity index (χ3v) is 5.32. The SMILES string of the molecule is CC1(CO)CN(C(=O)NC2CCC(O)(c3cccc(F)c3)CC2)C1. The second-order valence-corrected chi connectivity index (χ2v) is 7.59. The van der Waals surface area contributed by atoms with Crippen LogP contribution in [0.5, 0.6) is 0 Å². The maximum absolute atomic E-state index is 13.4. The highest BCUT2D eigenvalue weighted by Crippen LogP contribution is 2.37. The molecular formula is C18H25FN2O3. The van der Waals surface area contributed by atoms with E-state index in [1.807, 2.05) is 6.92 Å². The van der Waals surface area contributed by atoms with E-state index in [0.29, 0.717) is 44.3 Å². The van der Waals surface area contributed by atoms with Crippen molar-refractivity contribution in [3.63, 3.8) is 0 Å².